The highest BCUT2D eigenvalue weighted by Gasteiger charge is 2.02. The third-order valence-corrected chi connectivity index (χ3v) is 2.83. The predicted octanol–water partition coefficient (Wildman–Crippen LogP) is 3.72. The Bertz CT molecular complexity index is 101. The molecule has 0 fully saturated rings. The van der Waals surface area contributed by atoms with Gasteiger partial charge in [-0.15, -0.1) is 0 Å². The fraction of sp³-hybridized carbons (Fsp3) is 1.00. The molecule has 80 valence electrons. The molecule has 0 heterocycles. The molecule has 0 saturated carbocycles. The van der Waals surface area contributed by atoms with Crippen LogP contribution in [0, 0.1) is 5.92 Å². The summed E-state index contributed by atoms with van der Waals surface area (Å²) in [5.74, 6) is 0.919. The van der Waals surface area contributed by atoms with Crippen molar-refractivity contribution >= 4 is 0 Å². The zero-order valence-corrected chi connectivity index (χ0v) is 9.68. The van der Waals surface area contributed by atoms with Crippen LogP contribution in [0.5, 0.6) is 0 Å². The first-order chi connectivity index (χ1) is 6.20. The molecule has 0 amide bonds. The van der Waals surface area contributed by atoms with Gasteiger partial charge in [0.2, 0.25) is 0 Å². The van der Waals surface area contributed by atoms with Gasteiger partial charge >= 0.3 is 0 Å². The summed E-state index contributed by atoms with van der Waals surface area (Å²) in [4.78, 5) is 0. The first-order valence-electron chi connectivity index (χ1n) is 5.96. The molecule has 0 aromatic carbocycles. The zero-order valence-electron chi connectivity index (χ0n) is 9.68. The SMILES string of the molecule is CCCC(C)CCCCC(N)CC. The molecule has 0 aliphatic rings. The number of hydrogen-bond acceptors (Lipinski definition) is 1. The van der Waals surface area contributed by atoms with Crippen LogP contribution in [0.4, 0.5) is 0 Å². The van der Waals surface area contributed by atoms with Gasteiger partial charge in [0, 0.05) is 6.04 Å². The summed E-state index contributed by atoms with van der Waals surface area (Å²) in [6.45, 7) is 6.80. The largest absolute Gasteiger partial charge is 0.328 e. The summed E-state index contributed by atoms with van der Waals surface area (Å²) in [7, 11) is 0. The molecule has 0 rings (SSSR count). The second kappa shape index (κ2) is 8.55. The molecule has 2 atom stereocenters. The Morgan fingerprint density at radius 2 is 1.62 bits per heavy atom. The fourth-order valence-electron chi connectivity index (χ4n) is 1.74. The molecule has 1 heteroatoms. The highest BCUT2D eigenvalue weighted by Crippen LogP contribution is 2.15. The van der Waals surface area contributed by atoms with Gasteiger partial charge in [-0.1, -0.05) is 52.9 Å². The van der Waals surface area contributed by atoms with Crippen molar-refractivity contribution in [3.8, 4) is 0 Å². The van der Waals surface area contributed by atoms with Gasteiger partial charge in [0.1, 0.15) is 0 Å². The number of unbranched alkanes of at least 4 members (excludes halogenated alkanes) is 1. The summed E-state index contributed by atoms with van der Waals surface area (Å²) in [5, 5.41) is 0. The van der Waals surface area contributed by atoms with Gasteiger partial charge in [-0.25, -0.2) is 0 Å². The van der Waals surface area contributed by atoms with Gasteiger partial charge < -0.3 is 5.73 Å². The predicted molar refractivity (Wildman–Crippen MR) is 60.8 cm³/mol. The first-order valence-corrected chi connectivity index (χ1v) is 5.96. The molecule has 0 aromatic heterocycles. The Labute approximate surface area is 84.1 Å². The van der Waals surface area contributed by atoms with E-state index < -0.39 is 0 Å². The molecule has 0 aromatic rings. The van der Waals surface area contributed by atoms with E-state index in [2.05, 4.69) is 20.8 Å². The number of nitrogens with two attached hydrogens (primary N) is 1. The van der Waals surface area contributed by atoms with Crippen LogP contribution in [-0.4, -0.2) is 6.04 Å². The molecule has 2 unspecified atom stereocenters. The molecule has 0 aliphatic heterocycles. The number of rotatable bonds is 8. The quantitative estimate of drug-likeness (QED) is 0.573. The Kier molecular flexibility index (Phi) is 8.53. The first kappa shape index (κ1) is 13.0. The summed E-state index contributed by atoms with van der Waals surface area (Å²) in [5.41, 5.74) is 5.85. The van der Waals surface area contributed by atoms with E-state index in [1.165, 1.54) is 38.5 Å². The fourth-order valence-corrected chi connectivity index (χ4v) is 1.74. The third-order valence-electron chi connectivity index (χ3n) is 2.83. The van der Waals surface area contributed by atoms with Crippen LogP contribution < -0.4 is 5.73 Å². The summed E-state index contributed by atoms with van der Waals surface area (Å²) < 4.78 is 0. The summed E-state index contributed by atoms with van der Waals surface area (Å²) in [6, 6.07) is 0.446. The van der Waals surface area contributed by atoms with Crippen LogP contribution >= 0.6 is 0 Å². The molecule has 0 aliphatic carbocycles. The maximum absolute atomic E-state index is 5.85. The topological polar surface area (TPSA) is 26.0 Å². The van der Waals surface area contributed by atoms with Crippen molar-refractivity contribution < 1.29 is 0 Å². The molecular formula is C12H27N. The molecular weight excluding hydrogens is 158 g/mol. The molecule has 13 heavy (non-hydrogen) atoms. The van der Waals surface area contributed by atoms with Crippen molar-refractivity contribution in [2.24, 2.45) is 11.7 Å². The summed E-state index contributed by atoms with van der Waals surface area (Å²) in [6.07, 6.45) is 9.15. The lowest BCUT2D eigenvalue weighted by Crippen LogP contribution is -2.17. The Morgan fingerprint density at radius 3 is 2.15 bits per heavy atom. The van der Waals surface area contributed by atoms with Crippen LogP contribution in [0.15, 0.2) is 0 Å². The monoisotopic (exact) mass is 185 g/mol. The van der Waals surface area contributed by atoms with E-state index in [4.69, 9.17) is 5.73 Å². The van der Waals surface area contributed by atoms with E-state index in [1.54, 1.807) is 0 Å². The van der Waals surface area contributed by atoms with Gasteiger partial charge in [-0.3, -0.25) is 0 Å². The van der Waals surface area contributed by atoms with Crippen LogP contribution in [0.1, 0.15) is 65.7 Å². The molecule has 0 bridgehead atoms. The highest BCUT2D eigenvalue weighted by atomic mass is 14.6. The average Bonchev–Trinajstić information content (AvgIpc) is 2.12. The van der Waals surface area contributed by atoms with Crippen molar-refractivity contribution in [2.45, 2.75) is 71.8 Å². The van der Waals surface area contributed by atoms with Gasteiger partial charge in [0.05, 0.1) is 0 Å². The molecule has 2 N–H and O–H groups in total. The molecule has 0 spiro atoms. The standard InChI is InChI=1S/C12H27N/c1-4-8-11(3)9-6-7-10-12(13)5-2/h11-12H,4-10,13H2,1-3H3. The second-order valence-corrected chi connectivity index (χ2v) is 4.35. The normalized spacial score (nSPS) is 15.7. The average molecular weight is 185 g/mol. The van der Waals surface area contributed by atoms with E-state index in [-0.39, 0.29) is 0 Å². The Hall–Kier alpha value is -0.0400. The van der Waals surface area contributed by atoms with Gasteiger partial charge in [0.15, 0.2) is 0 Å². The Morgan fingerprint density at radius 1 is 1.00 bits per heavy atom. The zero-order chi connectivity index (χ0) is 10.1. The van der Waals surface area contributed by atoms with Crippen LogP contribution in [0.3, 0.4) is 0 Å². The van der Waals surface area contributed by atoms with E-state index >= 15 is 0 Å². The molecule has 1 nitrogen and oxygen atoms in total. The minimum absolute atomic E-state index is 0.446. The minimum Gasteiger partial charge on any atom is -0.328 e. The van der Waals surface area contributed by atoms with Gasteiger partial charge in [-0.05, 0) is 18.8 Å². The molecule has 0 saturated heterocycles. The van der Waals surface area contributed by atoms with E-state index in [0.717, 1.165) is 12.3 Å². The van der Waals surface area contributed by atoms with Crippen LogP contribution in [-0.2, 0) is 0 Å². The van der Waals surface area contributed by atoms with Gasteiger partial charge in [0.25, 0.3) is 0 Å². The van der Waals surface area contributed by atoms with Crippen molar-refractivity contribution in [2.75, 3.05) is 0 Å². The lowest BCUT2D eigenvalue weighted by molar-refractivity contribution is 0.443. The van der Waals surface area contributed by atoms with E-state index in [9.17, 15) is 0 Å². The smallest absolute Gasteiger partial charge is 0.00362 e. The van der Waals surface area contributed by atoms with Crippen molar-refractivity contribution in [1.82, 2.24) is 0 Å². The maximum atomic E-state index is 5.85. The minimum atomic E-state index is 0.446. The lowest BCUT2D eigenvalue weighted by atomic mass is 9.97. The van der Waals surface area contributed by atoms with Gasteiger partial charge in [-0.2, -0.15) is 0 Å². The lowest BCUT2D eigenvalue weighted by Gasteiger charge is -2.11. The summed E-state index contributed by atoms with van der Waals surface area (Å²) >= 11 is 0. The van der Waals surface area contributed by atoms with Crippen molar-refractivity contribution in [3.63, 3.8) is 0 Å². The number of hydrogen-bond donors (Lipinski definition) is 1. The van der Waals surface area contributed by atoms with Crippen LogP contribution in [0.2, 0.25) is 0 Å². The van der Waals surface area contributed by atoms with E-state index in [1.807, 2.05) is 0 Å². The maximum Gasteiger partial charge on any atom is 0.00362 e. The van der Waals surface area contributed by atoms with E-state index in [0.29, 0.717) is 6.04 Å². The Balaban J connectivity index is 3.15. The highest BCUT2D eigenvalue weighted by molar-refractivity contribution is 4.59. The third kappa shape index (κ3) is 8.29. The molecule has 0 radical (unpaired) electrons. The second-order valence-electron chi connectivity index (χ2n) is 4.35. The van der Waals surface area contributed by atoms with Crippen LogP contribution in [0.25, 0.3) is 0 Å². The van der Waals surface area contributed by atoms with Crippen molar-refractivity contribution in [1.29, 1.82) is 0 Å². The van der Waals surface area contributed by atoms with Crippen molar-refractivity contribution in [3.05, 3.63) is 0 Å².